The molecule has 0 atom stereocenters. The molecule has 124 valence electrons. The van der Waals surface area contributed by atoms with Crippen molar-refractivity contribution < 1.29 is 5.11 Å². The van der Waals surface area contributed by atoms with E-state index >= 15 is 0 Å². The first-order valence-electron chi connectivity index (χ1n) is 8.32. The van der Waals surface area contributed by atoms with Gasteiger partial charge in [0.05, 0.1) is 11.0 Å². The van der Waals surface area contributed by atoms with Crippen molar-refractivity contribution in [3.8, 4) is 10.4 Å². The Balaban J connectivity index is 1.95. The first-order valence-corrected chi connectivity index (χ1v) is 9.09. The lowest BCUT2D eigenvalue weighted by atomic mass is 9.93. The third-order valence-electron chi connectivity index (χ3n) is 4.38. The van der Waals surface area contributed by atoms with Crippen LogP contribution in [0.15, 0.2) is 35.1 Å². The first kappa shape index (κ1) is 16.3. The molecule has 0 aliphatic heterocycles. The van der Waals surface area contributed by atoms with E-state index in [2.05, 4.69) is 5.32 Å². The van der Waals surface area contributed by atoms with Crippen LogP contribution in [0.2, 0.25) is 0 Å². The topological polar surface area (TPSA) is 54.3 Å². The van der Waals surface area contributed by atoms with E-state index in [9.17, 15) is 9.90 Å². The van der Waals surface area contributed by atoms with Crippen molar-refractivity contribution >= 4 is 17.2 Å². The maximum atomic E-state index is 12.8. The minimum Gasteiger partial charge on any atom is -0.393 e. The van der Waals surface area contributed by atoms with Crippen molar-refractivity contribution in [3.63, 3.8) is 0 Å². The highest BCUT2D eigenvalue weighted by Gasteiger charge is 2.24. The number of anilines is 1. The number of hydrogen-bond donors (Lipinski definition) is 2. The van der Waals surface area contributed by atoms with Crippen LogP contribution in [0.25, 0.3) is 10.4 Å². The number of benzene rings is 1. The molecule has 2 N–H and O–H groups in total. The molecule has 1 saturated carbocycles. The minimum atomic E-state index is -0.184. The van der Waals surface area contributed by atoms with Crippen molar-refractivity contribution in [2.24, 2.45) is 0 Å². The third-order valence-corrected chi connectivity index (χ3v) is 5.79. The smallest absolute Gasteiger partial charge is 0.284 e. The molecule has 0 bridgehead atoms. The summed E-state index contributed by atoms with van der Waals surface area (Å²) in [4.78, 5) is 13.8. The second kappa shape index (κ2) is 6.89. The Morgan fingerprint density at radius 3 is 2.43 bits per heavy atom. The van der Waals surface area contributed by atoms with Crippen LogP contribution < -0.4 is 10.9 Å². The summed E-state index contributed by atoms with van der Waals surface area (Å²) in [5, 5.41) is 13.1. The molecular weight excluding hydrogens is 308 g/mol. The van der Waals surface area contributed by atoms with Gasteiger partial charge in [-0.15, -0.1) is 0 Å². The van der Waals surface area contributed by atoms with Gasteiger partial charge in [-0.2, -0.15) is 0 Å². The zero-order valence-corrected chi connectivity index (χ0v) is 14.5. The van der Waals surface area contributed by atoms with Gasteiger partial charge in [-0.25, -0.2) is 0 Å². The molecule has 2 aromatic rings. The SMILES string of the molecule is CC(C)n1sc(-c2ccccc2)c(NC2CCC(O)CC2)c1=O. The fourth-order valence-corrected chi connectivity index (χ4v) is 4.13. The predicted octanol–water partition coefficient (Wildman–Crippen LogP) is 3.87. The van der Waals surface area contributed by atoms with Crippen LogP contribution in [0, 0.1) is 0 Å². The number of aliphatic hydroxyl groups excluding tert-OH is 1. The Morgan fingerprint density at radius 1 is 1.17 bits per heavy atom. The molecule has 0 spiro atoms. The van der Waals surface area contributed by atoms with E-state index in [4.69, 9.17) is 0 Å². The maximum Gasteiger partial charge on any atom is 0.284 e. The Bertz CT molecular complexity index is 698. The lowest BCUT2D eigenvalue weighted by Gasteiger charge is -2.26. The molecule has 4 nitrogen and oxygen atoms in total. The highest BCUT2D eigenvalue weighted by atomic mass is 32.1. The lowest BCUT2D eigenvalue weighted by molar-refractivity contribution is 0.126. The Morgan fingerprint density at radius 2 is 1.83 bits per heavy atom. The van der Waals surface area contributed by atoms with Gasteiger partial charge >= 0.3 is 0 Å². The molecule has 0 saturated heterocycles. The molecule has 23 heavy (non-hydrogen) atoms. The van der Waals surface area contributed by atoms with Crippen molar-refractivity contribution in [2.45, 2.75) is 57.7 Å². The quantitative estimate of drug-likeness (QED) is 0.893. The molecule has 1 aliphatic carbocycles. The number of hydrogen-bond acceptors (Lipinski definition) is 4. The molecule has 0 amide bonds. The van der Waals surface area contributed by atoms with E-state index in [1.165, 1.54) is 11.5 Å². The van der Waals surface area contributed by atoms with Crippen molar-refractivity contribution in [2.75, 3.05) is 5.32 Å². The van der Waals surface area contributed by atoms with Crippen molar-refractivity contribution in [1.29, 1.82) is 0 Å². The summed E-state index contributed by atoms with van der Waals surface area (Å²) in [6, 6.07) is 10.5. The molecule has 1 aromatic carbocycles. The molecule has 3 rings (SSSR count). The molecule has 1 fully saturated rings. The summed E-state index contributed by atoms with van der Waals surface area (Å²) in [6.45, 7) is 4.07. The number of aromatic nitrogens is 1. The molecular formula is C18H24N2O2S. The molecule has 0 unspecified atom stereocenters. The second-order valence-corrected chi connectivity index (χ2v) is 7.52. The van der Waals surface area contributed by atoms with E-state index in [1.807, 2.05) is 48.1 Å². The summed E-state index contributed by atoms with van der Waals surface area (Å²) in [5.41, 5.74) is 1.86. The van der Waals surface area contributed by atoms with Crippen LogP contribution >= 0.6 is 11.5 Å². The summed E-state index contributed by atoms with van der Waals surface area (Å²) in [6.07, 6.45) is 3.25. The van der Waals surface area contributed by atoms with E-state index in [1.54, 1.807) is 0 Å². The zero-order valence-electron chi connectivity index (χ0n) is 13.7. The van der Waals surface area contributed by atoms with E-state index in [-0.39, 0.29) is 23.7 Å². The monoisotopic (exact) mass is 332 g/mol. The third kappa shape index (κ3) is 3.51. The first-order chi connectivity index (χ1) is 11.1. The summed E-state index contributed by atoms with van der Waals surface area (Å²) in [5.74, 6) is 0. The van der Waals surface area contributed by atoms with Crippen LogP contribution in [0.3, 0.4) is 0 Å². The number of nitrogens with one attached hydrogen (secondary N) is 1. The Labute approximate surface area is 140 Å². The van der Waals surface area contributed by atoms with Crippen LogP contribution in [0.5, 0.6) is 0 Å². The normalized spacial score (nSPS) is 21.6. The van der Waals surface area contributed by atoms with Gasteiger partial charge in [0, 0.05) is 12.1 Å². The van der Waals surface area contributed by atoms with Gasteiger partial charge in [-0.1, -0.05) is 41.9 Å². The van der Waals surface area contributed by atoms with Gasteiger partial charge < -0.3 is 10.4 Å². The number of rotatable bonds is 4. The summed E-state index contributed by atoms with van der Waals surface area (Å²) >= 11 is 1.53. The van der Waals surface area contributed by atoms with E-state index in [0.717, 1.165) is 41.8 Å². The van der Waals surface area contributed by atoms with Crippen LogP contribution in [-0.4, -0.2) is 21.2 Å². The average molecular weight is 332 g/mol. The van der Waals surface area contributed by atoms with Gasteiger partial charge in [0.25, 0.3) is 5.56 Å². The van der Waals surface area contributed by atoms with Crippen molar-refractivity contribution in [1.82, 2.24) is 3.96 Å². The van der Waals surface area contributed by atoms with Crippen LogP contribution in [0.4, 0.5) is 5.69 Å². The van der Waals surface area contributed by atoms with Gasteiger partial charge in [0.2, 0.25) is 0 Å². The Hall–Kier alpha value is -1.59. The molecule has 1 heterocycles. The highest BCUT2D eigenvalue weighted by Crippen LogP contribution is 2.33. The summed E-state index contributed by atoms with van der Waals surface area (Å²) in [7, 11) is 0. The lowest BCUT2D eigenvalue weighted by Crippen LogP contribution is -2.30. The molecule has 5 heteroatoms. The highest BCUT2D eigenvalue weighted by molar-refractivity contribution is 7.11. The van der Waals surface area contributed by atoms with Crippen LogP contribution in [0.1, 0.15) is 45.6 Å². The largest absolute Gasteiger partial charge is 0.393 e. The van der Waals surface area contributed by atoms with Gasteiger partial charge in [-0.3, -0.25) is 8.75 Å². The van der Waals surface area contributed by atoms with E-state index < -0.39 is 0 Å². The summed E-state index contributed by atoms with van der Waals surface area (Å²) < 4.78 is 1.84. The van der Waals surface area contributed by atoms with Gasteiger partial charge in [-0.05, 0) is 45.1 Å². The van der Waals surface area contributed by atoms with Gasteiger partial charge in [0.1, 0.15) is 5.69 Å². The van der Waals surface area contributed by atoms with Gasteiger partial charge in [0.15, 0.2) is 0 Å². The molecule has 0 radical (unpaired) electrons. The number of aliphatic hydroxyl groups is 1. The Kier molecular flexibility index (Phi) is 4.87. The van der Waals surface area contributed by atoms with Crippen molar-refractivity contribution in [3.05, 3.63) is 40.7 Å². The molecule has 1 aliphatic rings. The van der Waals surface area contributed by atoms with Crippen LogP contribution in [-0.2, 0) is 0 Å². The fourth-order valence-electron chi connectivity index (χ4n) is 3.07. The second-order valence-electron chi connectivity index (χ2n) is 6.54. The maximum absolute atomic E-state index is 12.8. The number of nitrogens with zero attached hydrogens (tertiary/aromatic N) is 1. The standard InChI is InChI=1S/C18H24N2O2S/c1-12(2)20-18(22)16(19-14-8-10-15(21)11-9-14)17(23-20)13-6-4-3-5-7-13/h3-7,12,14-15,19,21H,8-11H2,1-2H3. The minimum absolute atomic E-state index is 0.0648. The average Bonchev–Trinajstić information content (AvgIpc) is 2.88. The molecule has 1 aromatic heterocycles. The predicted molar refractivity (Wildman–Crippen MR) is 96.3 cm³/mol. The van der Waals surface area contributed by atoms with E-state index in [0.29, 0.717) is 0 Å². The zero-order chi connectivity index (χ0) is 16.4. The fraction of sp³-hybridized carbons (Fsp3) is 0.500.